The Labute approximate surface area is 192 Å². The largest absolute Gasteiger partial charge is 0.379 e. The van der Waals surface area contributed by atoms with E-state index >= 15 is 0 Å². The van der Waals surface area contributed by atoms with Crippen LogP contribution >= 0.6 is 0 Å². The summed E-state index contributed by atoms with van der Waals surface area (Å²) in [5.41, 5.74) is 1.68. The number of fused-ring (bicyclic) bond motifs is 1. The molecule has 0 bridgehead atoms. The van der Waals surface area contributed by atoms with Gasteiger partial charge in [0.1, 0.15) is 0 Å². The molecule has 0 aromatic carbocycles. The van der Waals surface area contributed by atoms with Crippen LogP contribution in [0, 0.1) is 5.41 Å². The number of hydrogen-bond donors (Lipinski definition) is 1. The van der Waals surface area contributed by atoms with Gasteiger partial charge in [0.2, 0.25) is 5.91 Å². The van der Waals surface area contributed by atoms with Gasteiger partial charge in [-0.3, -0.25) is 9.79 Å². The lowest BCUT2D eigenvalue weighted by Crippen LogP contribution is -2.51. The highest BCUT2D eigenvalue weighted by molar-refractivity contribution is 5.85. The first-order valence-corrected chi connectivity index (χ1v) is 12.2. The van der Waals surface area contributed by atoms with Crippen LogP contribution in [0.2, 0.25) is 0 Å². The van der Waals surface area contributed by atoms with E-state index in [2.05, 4.69) is 30.7 Å². The van der Waals surface area contributed by atoms with Crippen LogP contribution in [0.5, 0.6) is 0 Å². The van der Waals surface area contributed by atoms with Crippen LogP contribution in [0.4, 0.5) is 0 Å². The zero-order chi connectivity index (χ0) is 22.7. The van der Waals surface area contributed by atoms with Crippen molar-refractivity contribution in [3.05, 3.63) is 23.9 Å². The molecule has 1 amide bonds. The second-order valence-corrected chi connectivity index (χ2v) is 9.72. The fourth-order valence-corrected chi connectivity index (χ4v) is 6.05. The number of hydrogen-bond acceptors (Lipinski definition) is 6. The van der Waals surface area contributed by atoms with Crippen molar-refractivity contribution >= 4 is 12.1 Å². The van der Waals surface area contributed by atoms with Gasteiger partial charge in [-0.05, 0) is 44.6 Å². The number of rotatable bonds is 7. The number of amides is 1. The third-order valence-corrected chi connectivity index (χ3v) is 7.57. The lowest BCUT2D eigenvalue weighted by Gasteiger charge is -2.37. The van der Waals surface area contributed by atoms with E-state index in [9.17, 15) is 4.79 Å². The molecular formula is C25H39N3O4. The highest BCUT2D eigenvalue weighted by Crippen LogP contribution is 2.51. The van der Waals surface area contributed by atoms with Crippen LogP contribution in [-0.2, 0) is 19.0 Å². The lowest BCUT2D eigenvalue weighted by atomic mass is 9.79. The summed E-state index contributed by atoms with van der Waals surface area (Å²) < 4.78 is 17.5. The van der Waals surface area contributed by atoms with Crippen LogP contribution in [-0.4, -0.2) is 80.8 Å². The monoisotopic (exact) mass is 445 g/mol. The molecule has 2 saturated heterocycles. The lowest BCUT2D eigenvalue weighted by molar-refractivity contribution is -0.144. The summed E-state index contributed by atoms with van der Waals surface area (Å²) in [5.74, 6) is 0.240. The average molecular weight is 446 g/mol. The van der Waals surface area contributed by atoms with Gasteiger partial charge in [0.05, 0.1) is 30.3 Å². The van der Waals surface area contributed by atoms with Gasteiger partial charge in [-0.1, -0.05) is 19.6 Å². The minimum atomic E-state index is -0.443. The van der Waals surface area contributed by atoms with Crippen molar-refractivity contribution in [1.29, 1.82) is 0 Å². The molecule has 3 fully saturated rings. The topological polar surface area (TPSA) is 72.4 Å². The van der Waals surface area contributed by atoms with Gasteiger partial charge in [0, 0.05) is 57.2 Å². The number of nitrogens with zero attached hydrogens (tertiary/aromatic N) is 2. The Morgan fingerprint density at radius 1 is 1.44 bits per heavy atom. The SMILES string of the molecule is C=CC1=C(/N=C\CC)CCN(C(=O)[C@@]23CC(C)O[C@@H]2C[C@@H](NC2CCOCC2OC)C3)C1. The molecular weight excluding hydrogens is 406 g/mol. The Hall–Kier alpha value is -1.54. The van der Waals surface area contributed by atoms with Crippen LogP contribution < -0.4 is 5.32 Å². The van der Waals surface area contributed by atoms with Gasteiger partial charge in [-0.15, -0.1) is 0 Å². The molecule has 3 heterocycles. The molecule has 4 rings (SSSR count). The Morgan fingerprint density at radius 2 is 2.28 bits per heavy atom. The smallest absolute Gasteiger partial charge is 0.231 e. The van der Waals surface area contributed by atoms with Crippen molar-refractivity contribution in [2.45, 2.75) is 82.8 Å². The molecule has 1 N–H and O–H groups in total. The summed E-state index contributed by atoms with van der Waals surface area (Å²) in [7, 11) is 1.74. The first-order valence-electron chi connectivity index (χ1n) is 12.2. The van der Waals surface area contributed by atoms with Crippen LogP contribution in [0.3, 0.4) is 0 Å². The van der Waals surface area contributed by atoms with Crippen LogP contribution in [0.15, 0.2) is 28.9 Å². The fraction of sp³-hybridized carbons (Fsp3) is 0.760. The van der Waals surface area contributed by atoms with Gasteiger partial charge >= 0.3 is 0 Å². The molecule has 1 saturated carbocycles. The van der Waals surface area contributed by atoms with E-state index in [1.807, 2.05) is 17.2 Å². The van der Waals surface area contributed by atoms with Crippen molar-refractivity contribution in [2.75, 3.05) is 33.4 Å². The predicted molar refractivity (Wildman–Crippen MR) is 125 cm³/mol. The Bertz CT molecular complexity index is 766. The predicted octanol–water partition coefficient (Wildman–Crippen LogP) is 2.86. The number of nitrogens with one attached hydrogen (secondary N) is 1. The van der Waals surface area contributed by atoms with Gasteiger partial charge in [0.15, 0.2) is 0 Å². The second-order valence-electron chi connectivity index (χ2n) is 9.72. The number of aliphatic imine (C=N–C) groups is 1. The number of ether oxygens (including phenoxy) is 3. The number of methoxy groups -OCH3 is 1. The van der Waals surface area contributed by atoms with E-state index in [4.69, 9.17) is 14.2 Å². The highest BCUT2D eigenvalue weighted by Gasteiger charge is 2.59. The van der Waals surface area contributed by atoms with Gasteiger partial charge in [-0.2, -0.15) is 0 Å². The van der Waals surface area contributed by atoms with Crippen molar-refractivity contribution < 1.29 is 19.0 Å². The maximum absolute atomic E-state index is 14.0. The van der Waals surface area contributed by atoms with E-state index in [0.29, 0.717) is 19.7 Å². The summed E-state index contributed by atoms with van der Waals surface area (Å²) in [6.45, 7) is 10.8. The molecule has 4 aliphatic rings. The Kier molecular flexibility index (Phi) is 7.50. The van der Waals surface area contributed by atoms with Crippen molar-refractivity contribution in [2.24, 2.45) is 10.4 Å². The highest BCUT2D eigenvalue weighted by atomic mass is 16.5. The fourth-order valence-electron chi connectivity index (χ4n) is 6.05. The molecule has 7 heteroatoms. The van der Waals surface area contributed by atoms with Gasteiger partial charge < -0.3 is 24.4 Å². The van der Waals surface area contributed by atoms with Crippen LogP contribution in [0.25, 0.3) is 0 Å². The normalized spacial score (nSPS) is 37.8. The molecule has 3 unspecified atom stereocenters. The molecule has 178 valence electrons. The summed E-state index contributed by atoms with van der Waals surface area (Å²) in [6, 6.07) is 0.507. The Morgan fingerprint density at radius 3 is 3.03 bits per heavy atom. The third kappa shape index (κ3) is 4.58. The summed E-state index contributed by atoms with van der Waals surface area (Å²) >= 11 is 0. The van der Waals surface area contributed by atoms with Gasteiger partial charge in [0.25, 0.3) is 0 Å². The van der Waals surface area contributed by atoms with E-state index in [1.54, 1.807) is 7.11 Å². The molecule has 0 aromatic heterocycles. The maximum Gasteiger partial charge on any atom is 0.231 e. The zero-order valence-corrected chi connectivity index (χ0v) is 19.8. The zero-order valence-electron chi connectivity index (χ0n) is 19.8. The summed E-state index contributed by atoms with van der Waals surface area (Å²) in [6.07, 6.45) is 9.03. The molecule has 1 aliphatic carbocycles. The standard InChI is InChI=1S/C25H39N3O4/c1-5-9-26-20-7-10-28(15-18(20)6-2)24(29)25-13-17(3)32-23(25)12-19(14-25)27-21-8-11-31-16-22(21)30-4/h6,9,17,19,21-23,27H,2,5,7-8,10-16H2,1,3-4H3/b26-9-/t17?,19-,21?,22?,23-,25-/m1/s1. The number of carbonyl (C=O) groups is 1. The quantitative estimate of drug-likeness (QED) is 0.610. The maximum atomic E-state index is 14.0. The number of carbonyl (C=O) groups excluding carboxylic acids is 1. The second kappa shape index (κ2) is 10.2. The van der Waals surface area contributed by atoms with E-state index < -0.39 is 5.41 Å². The summed E-state index contributed by atoms with van der Waals surface area (Å²) in [5, 5.41) is 3.79. The molecule has 32 heavy (non-hydrogen) atoms. The molecule has 0 spiro atoms. The average Bonchev–Trinajstić information content (AvgIpc) is 3.30. The molecule has 7 nitrogen and oxygen atoms in total. The minimum absolute atomic E-state index is 0.0287. The molecule has 3 aliphatic heterocycles. The van der Waals surface area contributed by atoms with Crippen molar-refractivity contribution in [3.8, 4) is 0 Å². The molecule has 6 atom stereocenters. The molecule has 0 aromatic rings. The van der Waals surface area contributed by atoms with E-state index in [-0.39, 0.29) is 36.3 Å². The van der Waals surface area contributed by atoms with Crippen molar-refractivity contribution in [1.82, 2.24) is 10.2 Å². The molecule has 0 radical (unpaired) electrons. The first kappa shape index (κ1) is 23.6. The first-order chi connectivity index (χ1) is 15.5. The van der Waals surface area contributed by atoms with E-state index in [0.717, 1.165) is 56.4 Å². The minimum Gasteiger partial charge on any atom is -0.379 e. The van der Waals surface area contributed by atoms with E-state index in [1.165, 1.54) is 0 Å². The van der Waals surface area contributed by atoms with Gasteiger partial charge in [-0.25, -0.2) is 0 Å². The summed E-state index contributed by atoms with van der Waals surface area (Å²) in [4.78, 5) is 20.6. The Balaban J connectivity index is 1.48. The van der Waals surface area contributed by atoms with Crippen molar-refractivity contribution in [3.63, 3.8) is 0 Å². The third-order valence-electron chi connectivity index (χ3n) is 7.57. The van der Waals surface area contributed by atoms with Crippen LogP contribution in [0.1, 0.15) is 52.4 Å².